The summed E-state index contributed by atoms with van der Waals surface area (Å²) in [5, 5.41) is 5.90. The number of carbonyl (C=O) groups excluding carboxylic acids is 1. The van der Waals surface area contributed by atoms with Crippen molar-refractivity contribution in [3.05, 3.63) is 46.9 Å². The number of hydrogen-bond donors (Lipinski definition) is 0. The Labute approximate surface area is 135 Å². The van der Waals surface area contributed by atoms with Crippen LogP contribution in [0.25, 0.3) is 0 Å². The van der Waals surface area contributed by atoms with Gasteiger partial charge in [0.1, 0.15) is 6.54 Å². The van der Waals surface area contributed by atoms with E-state index in [4.69, 9.17) is 0 Å². The van der Waals surface area contributed by atoms with Gasteiger partial charge in [0.15, 0.2) is 12.3 Å². The van der Waals surface area contributed by atoms with Gasteiger partial charge in [0.25, 0.3) is 0 Å². The summed E-state index contributed by atoms with van der Waals surface area (Å²) >= 11 is 0. The zero-order valence-electron chi connectivity index (χ0n) is 13.5. The zero-order valence-corrected chi connectivity index (χ0v) is 13.5. The number of aryl methyl sites for hydroxylation is 1. The van der Waals surface area contributed by atoms with Gasteiger partial charge in [0.2, 0.25) is 5.91 Å². The second kappa shape index (κ2) is 5.95. The summed E-state index contributed by atoms with van der Waals surface area (Å²) in [5.74, 6) is 0.197. The van der Waals surface area contributed by atoms with Crippen LogP contribution in [0, 0.1) is 10.8 Å². The smallest absolute Gasteiger partial charge is 0.227 e. The molecule has 1 atom stereocenters. The molecular formula is C17H21N4O2+. The molecule has 120 valence electrons. The SMILES string of the molecule is C=CCN1N=C(c2ccc3c(c2)CCC(=O)N3C)C(C)C[N+]1=O. The van der Waals surface area contributed by atoms with Crippen molar-refractivity contribution < 1.29 is 9.66 Å². The van der Waals surface area contributed by atoms with Crippen LogP contribution in [0.5, 0.6) is 0 Å². The topological polar surface area (TPSA) is 56.0 Å². The van der Waals surface area contributed by atoms with E-state index in [1.54, 1.807) is 11.0 Å². The molecule has 1 amide bonds. The third-order valence-corrected chi connectivity index (χ3v) is 4.39. The summed E-state index contributed by atoms with van der Waals surface area (Å²) in [6, 6.07) is 6.05. The van der Waals surface area contributed by atoms with Gasteiger partial charge in [-0.1, -0.05) is 13.0 Å². The van der Waals surface area contributed by atoms with Crippen molar-refractivity contribution in [2.45, 2.75) is 19.8 Å². The maximum atomic E-state index is 11.9. The predicted octanol–water partition coefficient (Wildman–Crippen LogP) is 2.13. The predicted molar refractivity (Wildman–Crippen MR) is 89.3 cm³/mol. The van der Waals surface area contributed by atoms with Crippen LogP contribution in [0.2, 0.25) is 0 Å². The van der Waals surface area contributed by atoms with E-state index >= 15 is 0 Å². The summed E-state index contributed by atoms with van der Waals surface area (Å²) in [6.45, 7) is 6.44. The average Bonchev–Trinajstić information content (AvgIpc) is 2.53. The maximum Gasteiger partial charge on any atom is 0.227 e. The van der Waals surface area contributed by atoms with Crippen molar-refractivity contribution in [1.82, 2.24) is 5.12 Å². The number of hydrogen-bond acceptors (Lipinski definition) is 3. The van der Waals surface area contributed by atoms with E-state index < -0.39 is 0 Å². The number of carbonyl (C=O) groups is 1. The highest BCUT2D eigenvalue weighted by molar-refractivity contribution is 6.03. The second-order valence-electron chi connectivity index (χ2n) is 6.06. The van der Waals surface area contributed by atoms with Crippen LogP contribution >= 0.6 is 0 Å². The molecule has 0 saturated heterocycles. The fraction of sp³-hybridized carbons (Fsp3) is 0.412. The first-order valence-corrected chi connectivity index (χ1v) is 7.82. The average molecular weight is 313 g/mol. The Kier molecular flexibility index (Phi) is 3.98. The number of nitroso groups, excluding NO2 is 1. The Morgan fingerprint density at radius 1 is 1.43 bits per heavy atom. The molecule has 1 unspecified atom stereocenters. The lowest BCUT2D eigenvalue weighted by Gasteiger charge is -2.26. The number of amides is 1. The van der Waals surface area contributed by atoms with Gasteiger partial charge in [-0.3, -0.25) is 4.79 Å². The second-order valence-corrected chi connectivity index (χ2v) is 6.06. The normalized spacial score (nSPS) is 21.1. The van der Waals surface area contributed by atoms with Crippen molar-refractivity contribution in [2.24, 2.45) is 11.0 Å². The molecule has 2 aliphatic heterocycles. The molecular weight excluding hydrogens is 292 g/mol. The molecule has 0 radical (unpaired) electrons. The molecule has 0 aromatic heterocycles. The van der Waals surface area contributed by atoms with Crippen LogP contribution in [0.15, 0.2) is 36.0 Å². The van der Waals surface area contributed by atoms with E-state index in [-0.39, 0.29) is 11.8 Å². The Balaban J connectivity index is 1.98. The number of hydrazine groups is 1. The molecule has 0 fully saturated rings. The summed E-state index contributed by atoms with van der Waals surface area (Å²) < 4.78 is 0. The molecule has 3 rings (SSSR count). The minimum absolute atomic E-state index is 0.0505. The fourth-order valence-corrected chi connectivity index (χ4v) is 3.09. The summed E-state index contributed by atoms with van der Waals surface area (Å²) in [6.07, 6.45) is 2.94. The van der Waals surface area contributed by atoms with Crippen LogP contribution in [-0.4, -0.2) is 41.7 Å². The van der Waals surface area contributed by atoms with Crippen LogP contribution < -0.4 is 4.90 Å². The van der Waals surface area contributed by atoms with Crippen molar-refractivity contribution in [1.29, 1.82) is 0 Å². The van der Waals surface area contributed by atoms with Gasteiger partial charge in [0.05, 0.1) is 5.92 Å². The van der Waals surface area contributed by atoms with E-state index in [2.05, 4.69) is 17.7 Å². The zero-order chi connectivity index (χ0) is 16.6. The van der Waals surface area contributed by atoms with Crippen molar-refractivity contribution >= 4 is 17.3 Å². The highest BCUT2D eigenvalue weighted by Gasteiger charge is 2.34. The number of anilines is 1. The highest BCUT2D eigenvalue weighted by Crippen LogP contribution is 2.29. The van der Waals surface area contributed by atoms with Gasteiger partial charge < -0.3 is 4.90 Å². The van der Waals surface area contributed by atoms with Gasteiger partial charge in [-0.15, -0.1) is 6.58 Å². The van der Waals surface area contributed by atoms with E-state index in [9.17, 15) is 9.70 Å². The molecule has 0 aliphatic carbocycles. The summed E-state index contributed by atoms with van der Waals surface area (Å²) in [4.78, 5) is 26.3. The van der Waals surface area contributed by atoms with E-state index in [0.717, 1.165) is 33.8 Å². The lowest BCUT2D eigenvalue weighted by Crippen LogP contribution is -2.41. The Bertz CT molecular complexity index is 711. The first-order chi connectivity index (χ1) is 11.0. The number of fused-ring (bicyclic) bond motifs is 1. The standard InChI is InChI=1S/C17H21N4O2/c1-4-9-20-18-17(12(2)11-21(20)23)14-5-7-15-13(10-14)6-8-16(22)19(15)3/h4-5,7,10,12H,1,6,8-9,11H2,2-3H3/q+1. The van der Waals surface area contributed by atoms with Crippen molar-refractivity contribution in [2.75, 3.05) is 25.0 Å². The third-order valence-electron chi connectivity index (χ3n) is 4.39. The molecule has 1 aromatic carbocycles. The molecule has 6 heteroatoms. The minimum atomic E-state index is 0.0505. The molecule has 6 nitrogen and oxygen atoms in total. The van der Waals surface area contributed by atoms with Gasteiger partial charge in [-0.25, -0.2) is 0 Å². The number of hydrazone groups is 1. The van der Waals surface area contributed by atoms with E-state index in [1.807, 2.05) is 26.1 Å². The fourth-order valence-electron chi connectivity index (χ4n) is 3.09. The van der Waals surface area contributed by atoms with Crippen LogP contribution in [0.3, 0.4) is 0 Å². The monoisotopic (exact) mass is 313 g/mol. The lowest BCUT2D eigenvalue weighted by atomic mass is 9.93. The number of rotatable bonds is 3. The molecule has 1 aromatic rings. The van der Waals surface area contributed by atoms with Crippen molar-refractivity contribution in [3.63, 3.8) is 0 Å². The molecule has 0 saturated carbocycles. The van der Waals surface area contributed by atoms with E-state index in [1.165, 1.54) is 5.12 Å². The van der Waals surface area contributed by atoms with Gasteiger partial charge in [0, 0.05) is 34.7 Å². The quantitative estimate of drug-likeness (QED) is 0.634. The van der Waals surface area contributed by atoms with Crippen LogP contribution in [-0.2, 0) is 11.2 Å². The number of benzene rings is 1. The Morgan fingerprint density at radius 3 is 2.96 bits per heavy atom. The molecule has 0 N–H and O–H groups in total. The molecule has 0 spiro atoms. The minimum Gasteiger partial charge on any atom is -0.315 e. The van der Waals surface area contributed by atoms with Gasteiger partial charge in [-0.05, 0) is 40.2 Å². The van der Waals surface area contributed by atoms with Gasteiger partial charge in [-0.2, -0.15) is 0 Å². The van der Waals surface area contributed by atoms with Crippen LogP contribution in [0.1, 0.15) is 24.5 Å². The Morgan fingerprint density at radius 2 is 2.22 bits per heavy atom. The summed E-state index contributed by atoms with van der Waals surface area (Å²) in [5.41, 5.74) is 4.03. The van der Waals surface area contributed by atoms with E-state index in [0.29, 0.717) is 19.5 Å². The van der Waals surface area contributed by atoms with Gasteiger partial charge >= 0.3 is 0 Å². The Hall–Kier alpha value is -2.50. The number of nitrogens with zero attached hydrogens (tertiary/aromatic N) is 4. The highest BCUT2D eigenvalue weighted by atomic mass is 16.3. The van der Waals surface area contributed by atoms with Crippen molar-refractivity contribution in [3.8, 4) is 0 Å². The first kappa shape index (κ1) is 15.4. The molecule has 0 bridgehead atoms. The molecule has 2 aliphatic rings. The third kappa shape index (κ3) is 2.76. The van der Waals surface area contributed by atoms with Crippen LogP contribution in [0.4, 0.5) is 5.69 Å². The lowest BCUT2D eigenvalue weighted by molar-refractivity contribution is -0.713. The first-order valence-electron chi connectivity index (χ1n) is 7.82. The summed E-state index contributed by atoms with van der Waals surface area (Å²) in [7, 11) is 1.81. The molecule has 2 heterocycles. The molecule has 23 heavy (non-hydrogen) atoms. The largest absolute Gasteiger partial charge is 0.315 e. The maximum absolute atomic E-state index is 11.9.